The molecule has 0 radical (unpaired) electrons. The van der Waals surface area contributed by atoms with E-state index in [1.54, 1.807) is 6.92 Å². The molecular weight excluding hydrogens is 134 g/mol. The Hall–Kier alpha value is -0.770. The van der Waals surface area contributed by atoms with E-state index >= 15 is 0 Å². The number of aliphatic hydroxyl groups is 1. The van der Waals surface area contributed by atoms with Crippen LogP contribution in [0.2, 0.25) is 0 Å². The van der Waals surface area contributed by atoms with Crippen molar-refractivity contribution >= 4 is 6.09 Å². The maximum Gasteiger partial charge on any atom is 0.407 e. The van der Waals surface area contributed by atoms with Gasteiger partial charge < -0.3 is 15.1 Å². The van der Waals surface area contributed by atoms with Crippen LogP contribution in [0.5, 0.6) is 0 Å². The molecule has 1 unspecified atom stereocenters. The van der Waals surface area contributed by atoms with Crippen LogP contribution < -0.4 is 0 Å². The minimum Gasteiger partial charge on any atom is -0.465 e. The molecule has 1 rings (SSSR count). The zero-order chi connectivity index (χ0) is 7.72. The number of likely N-dealkylation sites (tertiary alicyclic amines) is 1. The first-order valence-electron chi connectivity index (χ1n) is 3.29. The Morgan fingerprint density at radius 1 is 1.70 bits per heavy atom. The molecule has 1 fully saturated rings. The molecule has 0 spiro atoms. The topological polar surface area (TPSA) is 60.8 Å². The molecule has 1 aliphatic rings. The second-order valence-electron chi connectivity index (χ2n) is 2.67. The van der Waals surface area contributed by atoms with E-state index in [9.17, 15) is 4.79 Å². The van der Waals surface area contributed by atoms with Gasteiger partial charge in [-0.25, -0.2) is 4.79 Å². The van der Waals surface area contributed by atoms with Crippen LogP contribution in [0.3, 0.4) is 0 Å². The Kier molecular flexibility index (Phi) is 1.80. The van der Waals surface area contributed by atoms with Gasteiger partial charge >= 0.3 is 6.09 Å². The van der Waals surface area contributed by atoms with Crippen LogP contribution in [0.4, 0.5) is 4.79 Å². The molecule has 0 aromatic rings. The SMILES string of the molecule is C[C@H]1CC(O)CN1C(=O)O. The lowest BCUT2D eigenvalue weighted by molar-refractivity contribution is 0.133. The summed E-state index contributed by atoms with van der Waals surface area (Å²) in [5.41, 5.74) is 0. The van der Waals surface area contributed by atoms with E-state index in [1.807, 2.05) is 0 Å². The largest absolute Gasteiger partial charge is 0.465 e. The summed E-state index contributed by atoms with van der Waals surface area (Å²) in [6, 6.07) is -0.0347. The Bertz CT molecular complexity index is 148. The molecule has 4 nitrogen and oxygen atoms in total. The van der Waals surface area contributed by atoms with Crippen LogP contribution in [0, 0.1) is 0 Å². The van der Waals surface area contributed by atoms with Crippen molar-refractivity contribution in [1.29, 1.82) is 0 Å². The molecule has 1 amide bonds. The first kappa shape index (κ1) is 7.34. The zero-order valence-corrected chi connectivity index (χ0v) is 5.82. The summed E-state index contributed by atoms with van der Waals surface area (Å²) in [5, 5.41) is 17.5. The van der Waals surface area contributed by atoms with E-state index in [-0.39, 0.29) is 12.6 Å². The molecule has 0 saturated carbocycles. The van der Waals surface area contributed by atoms with Gasteiger partial charge in [0.25, 0.3) is 0 Å². The van der Waals surface area contributed by atoms with Gasteiger partial charge in [0.15, 0.2) is 0 Å². The van der Waals surface area contributed by atoms with Gasteiger partial charge in [0.05, 0.1) is 12.6 Å². The van der Waals surface area contributed by atoms with Crippen molar-refractivity contribution in [3.05, 3.63) is 0 Å². The lowest BCUT2D eigenvalue weighted by atomic mass is 10.2. The van der Waals surface area contributed by atoms with Crippen LogP contribution in [0.1, 0.15) is 13.3 Å². The average Bonchev–Trinajstić information content (AvgIpc) is 2.10. The minimum atomic E-state index is -0.941. The molecule has 2 N–H and O–H groups in total. The number of amides is 1. The van der Waals surface area contributed by atoms with Gasteiger partial charge in [0, 0.05) is 6.04 Å². The molecule has 0 bridgehead atoms. The van der Waals surface area contributed by atoms with Crippen molar-refractivity contribution < 1.29 is 15.0 Å². The summed E-state index contributed by atoms with van der Waals surface area (Å²) in [5.74, 6) is 0. The van der Waals surface area contributed by atoms with E-state index in [1.165, 1.54) is 4.90 Å². The fourth-order valence-electron chi connectivity index (χ4n) is 1.27. The first-order chi connectivity index (χ1) is 4.61. The number of nitrogens with zero attached hydrogens (tertiary/aromatic N) is 1. The van der Waals surface area contributed by atoms with E-state index in [0.717, 1.165) is 0 Å². The molecule has 0 aromatic carbocycles. The zero-order valence-electron chi connectivity index (χ0n) is 5.82. The van der Waals surface area contributed by atoms with Crippen LogP contribution in [0.25, 0.3) is 0 Å². The number of rotatable bonds is 0. The lowest BCUT2D eigenvalue weighted by Gasteiger charge is -2.15. The number of β-amino-alcohol motifs (C(OH)–C–C–N with tert-alkyl or cyclic N) is 1. The second kappa shape index (κ2) is 2.46. The van der Waals surface area contributed by atoms with Crippen molar-refractivity contribution in [2.45, 2.75) is 25.5 Å². The maximum absolute atomic E-state index is 10.4. The molecule has 58 valence electrons. The van der Waals surface area contributed by atoms with Crippen LogP contribution in [-0.4, -0.2) is 39.9 Å². The molecule has 1 aliphatic heterocycles. The molecule has 4 heteroatoms. The summed E-state index contributed by atoms with van der Waals surface area (Å²) >= 11 is 0. The molecule has 2 atom stereocenters. The summed E-state index contributed by atoms with van der Waals surface area (Å²) in [6.45, 7) is 2.06. The predicted molar refractivity (Wildman–Crippen MR) is 34.8 cm³/mol. The van der Waals surface area contributed by atoms with Crippen molar-refractivity contribution in [1.82, 2.24) is 4.90 Å². The van der Waals surface area contributed by atoms with Gasteiger partial charge in [-0.15, -0.1) is 0 Å². The number of hydrogen-bond acceptors (Lipinski definition) is 2. The number of aliphatic hydroxyl groups excluding tert-OH is 1. The number of carboxylic acid groups (broad SMARTS) is 1. The fraction of sp³-hybridized carbons (Fsp3) is 0.833. The van der Waals surface area contributed by atoms with E-state index in [0.29, 0.717) is 6.42 Å². The molecule has 1 heterocycles. The fourth-order valence-corrected chi connectivity index (χ4v) is 1.27. The van der Waals surface area contributed by atoms with Crippen molar-refractivity contribution in [3.8, 4) is 0 Å². The molecule has 0 aromatic heterocycles. The third-order valence-electron chi connectivity index (χ3n) is 1.80. The third-order valence-corrected chi connectivity index (χ3v) is 1.80. The standard InChI is InChI=1S/C6H11NO3/c1-4-2-5(8)3-7(4)6(9)10/h4-5,8H,2-3H2,1H3,(H,9,10)/t4-,5?/m0/s1. The molecule has 0 aliphatic carbocycles. The van der Waals surface area contributed by atoms with E-state index in [4.69, 9.17) is 10.2 Å². The smallest absolute Gasteiger partial charge is 0.407 e. The Balaban J connectivity index is 2.54. The first-order valence-corrected chi connectivity index (χ1v) is 3.29. The van der Waals surface area contributed by atoms with Crippen LogP contribution in [-0.2, 0) is 0 Å². The number of hydrogen-bond donors (Lipinski definition) is 2. The Morgan fingerprint density at radius 3 is 2.50 bits per heavy atom. The summed E-state index contributed by atoms with van der Waals surface area (Å²) in [7, 11) is 0. The van der Waals surface area contributed by atoms with Gasteiger partial charge in [0.1, 0.15) is 0 Å². The van der Waals surface area contributed by atoms with Gasteiger partial charge in [-0.3, -0.25) is 0 Å². The van der Waals surface area contributed by atoms with Crippen molar-refractivity contribution in [2.24, 2.45) is 0 Å². The van der Waals surface area contributed by atoms with Gasteiger partial charge in [-0.1, -0.05) is 0 Å². The Morgan fingerprint density at radius 2 is 2.30 bits per heavy atom. The quantitative estimate of drug-likeness (QED) is 0.509. The van der Waals surface area contributed by atoms with E-state index in [2.05, 4.69) is 0 Å². The summed E-state index contributed by atoms with van der Waals surface area (Å²) in [6.07, 6.45) is -0.845. The van der Waals surface area contributed by atoms with Crippen LogP contribution in [0.15, 0.2) is 0 Å². The molecular formula is C6H11NO3. The molecule has 10 heavy (non-hydrogen) atoms. The van der Waals surface area contributed by atoms with Crippen molar-refractivity contribution in [3.63, 3.8) is 0 Å². The van der Waals surface area contributed by atoms with Gasteiger partial charge in [0.2, 0.25) is 0 Å². The predicted octanol–water partition coefficient (Wildman–Crippen LogP) is 0.120. The lowest BCUT2D eigenvalue weighted by Crippen LogP contribution is -2.32. The van der Waals surface area contributed by atoms with Gasteiger partial charge in [-0.2, -0.15) is 0 Å². The normalized spacial score (nSPS) is 32.8. The maximum atomic E-state index is 10.4. The highest BCUT2D eigenvalue weighted by atomic mass is 16.4. The highest BCUT2D eigenvalue weighted by Crippen LogP contribution is 2.16. The summed E-state index contributed by atoms with van der Waals surface area (Å²) in [4.78, 5) is 11.6. The third kappa shape index (κ3) is 1.21. The highest BCUT2D eigenvalue weighted by molar-refractivity contribution is 5.65. The average molecular weight is 145 g/mol. The van der Waals surface area contributed by atoms with Crippen molar-refractivity contribution in [2.75, 3.05) is 6.54 Å². The number of carbonyl (C=O) groups is 1. The monoisotopic (exact) mass is 145 g/mol. The summed E-state index contributed by atoms with van der Waals surface area (Å²) < 4.78 is 0. The molecule has 1 saturated heterocycles. The second-order valence-corrected chi connectivity index (χ2v) is 2.67. The Labute approximate surface area is 59.1 Å². The van der Waals surface area contributed by atoms with Gasteiger partial charge in [-0.05, 0) is 13.3 Å². The highest BCUT2D eigenvalue weighted by Gasteiger charge is 2.30. The van der Waals surface area contributed by atoms with Crippen LogP contribution >= 0.6 is 0 Å². The minimum absolute atomic E-state index is 0.0347. The van der Waals surface area contributed by atoms with E-state index < -0.39 is 12.2 Å².